The fourth-order valence-electron chi connectivity index (χ4n) is 4.07. The number of aryl methyl sites for hydroxylation is 1. The van der Waals surface area contributed by atoms with Gasteiger partial charge in [-0.2, -0.15) is 0 Å². The monoisotopic (exact) mass is 408 g/mol. The molecular formula is C24H27FN3O2+. The molecule has 0 spiro atoms. The normalized spacial score (nSPS) is 15.7. The van der Waals surface area contributed by atoms with Crippen LogP contribution in [0.15, 0.2) is 71.3 Å². The molecule has 3 aromatic rings. The van der Waals surface area contributed by atoms with Crippen molar-refractivity contribution in [2.45, 2.75) is 13.0 Å². The number of hydrogen-bond donors (Lipinski definition) is 2. The Morgan fingerprint density at radius 1 is 1.13 bits per heavy atom. The second kappa shape index (κ2) is 9.13. The molecule has 2 heterocycles. The number of rotatable bonds is 6. The first kappa shape index (κ1) is 20.2. The van der Waals surface area contributed by atoms with E-state index < -0.39 is 0 Å². The summed E-state index contributed by atoms with van der Waals surface area (Å²) in [5, 5.41) is 3.09. The highest BCUT2D eigenvalue weighted by atomic mass is 19.1. The summed E-state index contributed by atoms with van der Waals surface area (Å²) < 4.78 is 18.9. The molecule has 6 heteroatoms. The molecule has 1 aromatic heterocycles. The average molecular weight is 408 g/mol. The van der Waals surface area contributed by atoms with Crippen molar-refractivity contribution in [2.24, 2.45) is 0 Å². The minimum atomic E-state index is -0.217. The van der Waals surface area contributed by atoms with Crippen LogP contribution in [0.5, 0.6) is 0 Å². The SMILES string of the molecule is Cc1cccc(C(=O)NC[C@@H](c2ccco2)[NH+]2CCN(c3ccc(F)cc3)CC2)c1. The predicted molar refractivity (Wildman–Crippen MR) is 114 cm³/mol. The van der Waals surface area contributed by atoms with Crippen LogP contribution in [-0.4, -0.2) is 38.6 Å². The molecule has 2 N–H and O–H groups in total. The predicted octanol–water partition coefficient (Wildman–Crippen LogP) is 2.60. The van der Waals surface area contributed by atoms with Gasteiger partial charge in [0.1, 0.15) is 5.82 Å². The second-order valence-electron chi connectivity index (χ2n) is 7.77. The van der Waals surface area contributed by atoms with Crippen molar-refractivity contribution >= 4 is 11.6 Å². The van der Waals surface area contributed by atoms with E-state index in [1.165, 1.54) is 17.0 Å². The molecule has 0 bridgehead atoms. The number of carbonyl (C=O) groups is 1. The largest absolute Gasteiger partial charge is 0.463 e. The summed E-state index contributed by atoms with van der Waals surface area (Å²) in [6.07, 6.45) is 1.68. The van der Waals surface area contributed by atoms with Crippen LogP contribution in [0, 0.1) is 12.7 Å². The van der Waals surface area contributed by atoms with Gasteiger partial charge in [0.25, 0.3) is 5.91 Å². The first-order valence-corrected chi connectivity index (χ1v) is 10.3. The van der Waals surface area contributed by atoms with E-state index in [4.69, 9.17) is 4.42 Å². The number of nitrogens with zero attached hydrogens (tertiary/aromatic N) is 1. The Hall–Kier alpha value is -3.12. The van der Waals surface area contributed by atoms with Gasteiger partial charge in [0.05, 0.1) is 39.0 Å². The number of furan rings is 1. The van der Waals surface area contributed by atoms with Gasteiger partial charge in [0.15, 0.2) is 11.8 Å². The van der Waals surface area contributed by atoms with Crippen LogP contribution in [0.25, 0.3) is 0 Å². The van der Waals surface area contributed by atoms with E-state index in [0.717, 1.165) is 43.2 Å². The first-order chi connectivity index (χ1) is 14.6. The van der Waals surface area contributed by atoms with Crippen LogP contribution in [-0.2, 0) is 0 Å². The van der Waals surface area contributed by atoms with Gasteiger partial charge in [-0.05, 0) is 55.5 Å². The van der Waals surface area contributed by atoms with Crippen molar-refractivity contribution in [1.82, 2.24) is 5.32 Å². The summed E-state index contributed by atoms with van der Waals surface area (Å²) in [7, 11) is 0. The van der Waals surface area contributed by atoms with Crippen molar-refractivity contribution in [3.8, 4) is 0 Å². The Kier molecular flexibility index (Phi) is 6.14. The Balaban J connectivity index is 1.41. The number of amides is 1. The minimum Gasteiger partial charge on any atom is -0.463 e. The Labute approximate surface area is 176 Å². The number of quaternary nitrogens is 1. The molecule has 156 valence electrons. The zero-order chi connectivity index (χ0) is 20.9. The highest BCUT2D eigenvalue weighted by Crippen LogP contribution is 2.16. The molecule has 30 heavy (non-hydrogen) atoms. The van der Waals surface area contributed by atoms with Crippen molar-refractivity contribution in [1.29, 1.82) is 0 Å². The van der Waals surface area contributed by atoms with E-state index in [0.29, 0.717) is 12.1 Å². The summed E-state index contributed by atoms with van der Waals surface area (Å²) in [6, 6.07) is 18.2. The molecule has 0 unspecified atom stereocenters. The highest BCUT2D eigenvalue weighted by molar-refractivity contribution is 5.94. The van der Waals surface area contributed by atoms with E-state index in [1.807, 2.05) is 55.5 Å². The average Bonchev–Trinajstić information content (AvgIpc) is 3.29. The van der Waals surface area contributed by atoms with Gasteiger partial charge < -0.3 is 19.5 Å². The van der Waals surface area contributed by atoms with E-state index in [9.17, 15) is 9.18 Å². The number of hydrogen-bond acceptors (Lipinski definition) is 3. The summed E-state index contributed by atoms with van der Waals surface area (Å²) in [4.78, 5) is 16.3. The third-order valence-corrected chi connectivity index (χ3v) is 5.72. The second-order valence-corrected chi connectivity index (χ2v) is 7.77. The summed E-state index contributed by atoms with van der Waals surface area (Å²) in [5.41, 5.74) is 2.77. The third kappa shape index (κ3) is 4.71. The van der Waals surface area contributed by atoms with Gasteiger partial charge in [0, 0.05) is 11.3 Å². The lowest BCUT2D eigenvalue weighted by Crippen LogP contribution is -3.15. The van der Waals surface area contributed by atoms with Gasteiger partial charge in [-0.3, -0.25) is 4.79 Å². The highest BCUT2D eigenvalue weighted by Gasteiger charge is 2.31. The maximum Gasteiger partial charge on any atom is 0.251 e. The lowest BCUT2D eigenvalue weighted by molar-refractivity contribution is -0.932. The summed E-state index contributed by atoms with van der Waals surface area (Å²) >= 11 is 0. The van der Waals surface area contributed by atoms with Gasteiger partial charge in [-0.1, -0.05) is 17.7 Å². The van der Waals surface area contributed by atoms with Crippen LogP contribution in [0.4, 0.5) is 10.1 Å². The van der Waals surface area contributed by atoms with Crippen molar-refractivity contribution in [3.63, 3.8) is 0 Å². The smallest absolute Gasteiger partial charge is 0.251 e. The maximum atomic E-state index is 13.2. The summed E-state index contributed by atoms with van der Waals surface area (Å²) in [6.45, 7) is 6.03. The number of piperazine rings is 1. The van der Waals surface area contributed by atoms with Gasteiger partial charge >= 0.3 is 0 Å². The topological polar surface area (TPSA) is 49.9 Å². The quantitative estimate of drug-likeness (QED) is 0.659. The lowest BCUT2D eigenvalue weighted by Gasteiger charge is -2.37. The van der Waals surface area contributed by atoms with Crippen LogP contribution in [0.2, 0.25) is 0 Å². The maximum absolute atomic E-state index is 13.2. The number of anilines is 1. The first-order valence-electron chi connectivity index (χ1n) is 10.3. The lowest BCUT2D eigenvalue weighted by atomic mass is 10.1. The van der Waals surface area contributed by atoms with Crippen LogP contribution < -0.4 is 15.1 Å². The molecule has 0 aliphatic carbocycles. The van der Waals surface area contributed by atoms with E-state index in [1.54, 1.807) is 6.26 Å². The fourth-order valence-corrected chi connectivity index (χ4v) is 4.07. The molecule has 0 radical (unpaired) electrons. The molecule has 1 aliphatic rings. The molecule has 1 amide bonds. The van der Waals surface area contributed by atoms with Crippen molar-refractivity contribution in [2.75, 3.05) is 37.6 Å². The number of benzene rings is 2. The van der Waals surface area contributed by atoms with Crippen molar-refractivity contribution in [3.05, 3.63) is 89.6 Å². The fraction of sp³-hybridized carbons (Fsp3) is 0.292. The third-order valence-electron chi connectivity index (χ3n) is 5.72. The number of nitrogens with one attached hydrogen (secondary N) is 2. The molecule has 1 fully saturated rings. The number of halogens is 1. The molecule has 1 saturated heterocycles. The van der Waals surface area contributed by atoms with E-state index in [-0.39, 0.29) is 17.8 Å². The zero-order valence-electron chi connectivity index (χ0n) is 17.1. The molecule has 1 aliphatic heterocycles. The van der Waals surface area contributed by atoms with E-state index >= 15 is 0 Å². The zero-order valence-corrected chi connectivity index (χ0v) is 17.1. The minimum absolute atomic E-state index is 0.0455. The van der Waals surface area contributed by atoms with Gasteiger partial charge in [-0.25, -0.2) is 4.39 Å². The Bertz CT molecular complexity index is 964. The van der Waals surface area contributed by atoms with Crippen LogP contribution in [0.1, 0.15) is 27.7 Å². The van der Waals surface area contributed by atoms with E-state index in [2.05, 4.69) is 10.2 Å². The van der Waals surface area contributed by atoms with Crippen LogP contribution >= 0.6 is 0 Å². The van der Waals surface area contributed by atoms with Gasteiger partial charge in [-0.15, -0.1) is 0 Å². The molecule has 0 saturated carbocycles. The molecule has 1 atom stereocenters. The summed E-state index contributed by atoms with van der Waals surface area (Å²) in [5.74, 6) is 0.592. The molecule has 5 nitrogen and oxygen atoms in total. The van der Waals surface area contributed by atoms with Crippen molar-refractivity contribution < 1.29 is 18.5 Å². The van der Waals surface area contributed by atoms with Gasteiger partial charge in [0.2, 0.25) is 0 Å². The molecular weight excluding hydrogens is 381 g/mol. The Morgan fingerprint density at radius 2 is 1.90 bits per heavy atom. The Morgan fingerprint density at radius 3 is 2.57 bits per heavy atom. The molecule has 4 rings (SSSR count). The number of carbonyl (C=O) groups excluding carboxylic acids is 1. The standard InChI is InChI=1S/C24H26FN3O2/c1-18-4-2-5-19(16-18)24(29)26-17-22(23-6-3-15-30-23)28-13-11-27(12-14-28)21-9-7-20(25)8-10-21/h2-10,15-16,22H,11-14,17H2,1H3,(H,26,29)/p+1/t22-/m0/s1. The molecule has 2 aromatic carbocycles. The van der Waals surface area contributed by atoms with Crippen LogP contribution in [0.3, 0.4) is 0 Å².